The summed E-state index contributed by atoms with van der Waals surface area (Å²) in [6.45, 7) is 5.49. The lowest BCUT2D eigenvalue weighted by atomic mass is 10.2. The highest BCUT2D eigenvalue weighted by molar-refractivity contribution is 5.91. The molecule has 0 aliphatic carbocycles. The summed E-state index contributed by atoms with van der Waals surface area (Å²) in [5.74, 6) is -0.988. The molecule has 0 saturated carbocycles. The fraction of sp³-hybridized carbons (Fsp3) is 0.429. The van der Waals surface area contributed by atoms with Crippen LogP contribution in [0.5, 0.6) is 0 Å². The molecule has 0 fully saturated rings. The number of carboxylic acid groups (broad SMARTS) is 1. The summed E-state index contributed by atoms with van der Waals surface area (Å²) in [5, 5.41) is 14.2. The Kier molecular flexibility index (Phi) is 5.99. The van der Waals surface area contributed by atoms with Gasteiger partial charge in [0.15, 0.2) is 0 Å². The SMILES string of the molecule is CC(C)N(C)CCNC(=O)Nc1ccc(C(=O)O)cc1. The number of nitrogens with zero attached hydrogens (tertiary/aromatic N) is 1. The second-order valence-electron chi connectivity index (χ2n) is 4.84. The third-order valence-corrected chi connectivity index (χ3v) is 3.02. The van der Waals surface area contributed by atoms with Crippen LogP contribution in [0.1, 0.15) is 24.2 Å². The summed E-state index contributed by atoms with van der Waals surface area (Å²) in [4.78, 5) is 24.4. The number of nitrogens with one attached hydrogen (secondary N) is 2. The summed E-state index contributed by atoms with van der Waals surface area (Å²) in [5.41, 5.74) is 0.749. The molecule has 1 aromatic carbocycles. The predicted octanol–water partition coefficient (Wildman–Crippen LogP) is 1.85. The summed E-state index contributed by atoms with van der Waals surface area (Å²) >= 11 is 0. The van der Waals surface area contributed by atoms with Crippen LogP contribution in [0.2, 0.25) is 0 Å². The molecule has 3 N–H and O–H groups in total. The number of aromatic carboxylic acids is 1. The first-order chi connectivity index (χ1) is 9.40. The van der Waals surface area contributed by atoms with Gasteiger partial charge in [0.1, 0.15) is 0 Å². The minimum Gasteiger partial charge on any atom is -0.478 e. The molecule has 20 heavy (non-hydrogen) atoms. The second-order valence-corrected chi connectivity index (χ2v) is 4.84. The van der Waals surface area contributed by atoms with E-state index < -0.39 is 5.97 Å². The Morgan fingerprint density at radius 3 is 2.35 bits per heavy atom. The highest BCUT2D eigenvalue weighted by atomic mass is 16.4. The highest BCUT2D eigenvalue weighted by Crippen LogP contribution is 2.09. The Morgan fingerprint density at radius 2 is 1.85 bits per heavy atom. The smallest absolute Gasteiger partial charge is 0.335 e. The molecule has 0 spiro atoms. The van der Waals surface area contributed by atoms with Crippen molar-refractivity contribution in [2.75, 3.05) is 25.5 Å². The van der Waals surface area contributed by atoms with Gasteiger partial charge in [-0.25, -0.2) is 9.59 Å². The number of carbonyl (C=O) groups excluding carboxylic acids is 1. The minimum absolute atomic E-state index is 0.189. The maximum atomic E-state index is 11.6. The van der Waals surface area contributed by atoms with Crippen molar-refractivity contribution < 1.29 is 14.7 Å². The van der Waals surface area contributed by atoms with Gasteiger partial charge in [-0.15, -0.1) is 0 Å². The quantitative estimate of drug-likeness (QED) is 0.742. The Bertz CT molecular complexity index is 457. The van der Waals surface area contributed by atoms with E-state index in [4.69, 9.17) is 5.11 Å². The molecule has 2 amide bonds. The van der Waals surface area contributed by atoms with Gasteiger partial charge >= 0.3 is 12.0 Å². The largest absolute Gasteiger partial charge is 0.478 e. The highest BCUT2D eigenvalue weighted by Gasteiger charge is 2.06. The lowest BCUT2D eigenvalue weighted by molar-refractivity contribution is 0.0697. The average Bonchev–Trinajstić information content (AvgIpc) is 2.39. The maximum absolute atomic E-state index is 11.6. The van der Waals surface area contributed by atoms with E-state index in [0.717, 1.165) is 6.54 Å². The standard InChI is InChI=1S/C14H21N3O3/c1-10(2)17(3)9-8-15-14(20)16-12-6-4-11(5-7-12)13(18)19/h4-7,10H,8-9H2,1-3H3,(H,18,19)(H2,15,16,20). The molecule has 0 aliphatic rings. The first kappa shape index (κ1) is 16.0. The van der Waals surface area contributed by atoms with Crippen molar-refractivity contribution in [3.63, 3.8) is 0 Å². The molecule has 1 rings (SSSR count). The zero-order valence-electron chi connectivity index (χ0n) is 12.0. The third-order valence-electron chi connectivity index (χ3n) is 3.02. The number of carboxylic acids is 1. The van der Waals surface area contributed by atoms with Crippen LogP contribution in [0.3, 0.4) is 0 Å². The van der Waals surface area contributed by atoms with Crippen molar-refractivity contribution in [3.05, 3.63) is 29.8 Å². The molecule has 0 radical (unpaired) electrons. The van der Waals surface area contributed by atoms with E-state index in [-0.39, 0.29) is 11.6 Å². The van der Waals surface area contributed by atoms with E-state index in [1.807, 2.05) is 7.05 Å². The van der Waals surface area contributed by atoms with Crippen LogP contribution in [-0.2, 0) is 0 Å². The Morgan fingerprint density at radius 1 is 1.25 bits per heavy atom. The molecule has 110 valence electrons. The summed E-state index contributed by atoms with van der Waals surface area (Å²) in [6, 6.07) is 6.15. The molecule has 0 atom stereocenters. The zero-order valence-corrected chi connectivity index (χ0v) is 12.0. The second kappa shape index (κ2) is 7.49. The lowest BCUT2D eigenvalue weighted by Crippen LogP contribution is -2.37. The maximum Gasteiger partial charge on any atom is 0.335 e. The van der Waals surface area contributed by atoms with Crippen LogP contribution < -0.4 is 10.6 Å². The van der Waals surface area contributed by atoms with Crippen LogP contribution >= 0.6 is 0 Å². The molecular weight excluding hydrogens is 258 g/mol. The molecule has 0 aromatic heterocycles. The van der Waals surface area contributed by atoms with Crippen molar-refractivity contribution in [2.45, 2.75) is 19.9 Å². The molecular formula is C14H21N3O3. The third kappa shape index (κ3) is 5.27. The molecule has 0 bridgehead atoms. The van der Waals surface area contributed by atoms with Gasteiger partial charge in [-0.3, -0.25) is 0 Å². The Labute approximate surface area is 118 Å². The number of urea groups is 1. The van der Waals surface area contributed by atoms with Crippen molar-refractivity contribution in [1.82, 2.24) is 10.2 Å². The Hall–Kier alpha value is -2.08. The van der Waals surface area contributed by atoms with E-state index in [0.29, 0.717) is 18.3 Å². The Balaban J connectivity index is 2.37. The number of amides is 2. The van der Waals surface area contributed by atoms with Crippen LogP contribution in [0.4, 0.5) is 10.5 Å². The summed E-state index contributed by atoms with van der Waals surface area (Å²) in [6.07, 6.45) is 0. The molecule has 0 saturated heterocycles. The predicted molar refractivity (Wildman–Crippen MR) is 78.2 cm³/mol. The normalized spacial score (nSPS) is 10.7. The number of carbonyl (C=O) groups is 2. The number of hydrogen-bond acceptors (Lipinski definition) is 3. The van der Waals surface area contributed by atoms with Gasteiger partial charge in [-0.1, -0.05) is 0 Å². The van der Waals surface area contributed by atoms with E-state index in [1.165, 1.54) is 12.1 Å². The fourth-order valence-electron chi connectivity index (χ4n) is 1.48. The monoisotopic (exact) mass is 279 g/mol. The van der Waals surface area contributed by atoms with Crippen molar-refractivity contribution in [3.8, 4) is 0 Å². The number of hydrogen-bond donors (Lipinski definition) is 3. The van der Waals surface area contributed by atoms with Gasteiger partial charge in [0.2, 0.25) is 0 Å². The zero-order chi connectivity index (χ0) is 15.1. The molecule has 0 aliphatic heterocycles. The van der Waals surface area contributed by atoms with Crippen LogP contribution in [-0.4, -0.2) is 48.2 Å². The van der Waals surface area contributed by atoms with Crippen molar-refractivity contribution in [1.29, 1.82) is 0 Å². The number of benzene rings is 1. The van der Waals surface area contributed by atoms with Crippen LogP contribution in [0.15, 0.2) is 24.3 Å². The molecule has 0 unspecified atom stereocenters. The fourth-order valence-corrected chi connectivity index (χ4v) is 1.48. The molecule has 0 heterocycles. The van der Waals surface area contributed by atoms with Gasteiger partial charge in [0, 0.05) is 24.8 Å². The first-order valence-corrected chi connectivity index (χ1v) is 6.48. The molecule has 6 nitrogen and oxygen atoms in total. The van der Waals surface area contributed by atoms with E-state index in [2.05, 4.69) is 29.4 Å². The topological polar surface area (TPSA) is 81.7 Å². The first-order valence-electron chi connectivity index (χ1n) is 6.48. The van der Waals surface area contributed by atoms with Gasteiger partial charge in [-0.05, 0) is 45.2 Å². The number of rotatable bonds is 6. The number of anilines is 1. The summed E-state index contributed by atoms with van der Waals surface area (Å²) < 4.78 is 0. The molecule has 6 heteroatoms. The lowest BCUT2D eigenvalue weighted by Gasteiger charge is -2.20. The van der Waals surface area contributed by atoms with Crippen LogP contribution in [0.25, 0.3) is 0 Å². The van der Waals surface area contributed by atoms with E-state index in [9.17, 15) is 9.59 Å². The van der Waals surface area contributed by atoms with Crippen LogP contribution in [0, 0.1) is 0 Å². The van der Waals surface area contributed by atoms with Crippen molar-refractivity contribution >= 4 is 17.7 Å². The average molecular weight is 279 g/mol. The van der Waals surface area contributed by atoms with Gasteiger partial charge in [-0.2, -0.15) is 0 Å². The number of likely N-dealkylation sites (N-methyl/N-ethyl adjacent to an activating group) is 1. The summed E-state index contributed by atoms with van der Waals surface area (Å²) in [7, 11) is 1.99. The van der Waals surface area contributed by atoms with Gasteiger partial charge in [0.05, 0.1) is 5.56 Å². The van der Waals surface area contributed by atoms with Gasteiger partial charge < -0.3 is 20.6 Å². The van der Waals surface area contributed by atoms with Gasteiger partial charge in [0.25, 0.3) is 0 Å². The molecule has 1 aromatic rings. The van der Waals surface area contributed by atoms with E-state index >= 15 is 0 Å². The van der Waals surface area contributed by atoms with E-state index in [1.54, 1.807) is 12.1 Å². The van der Waals surface area contributed by atoms with Crippen molar-refractivity contribution in [2.24, 2.45) is 0 Å². The minimum atomic E-state index is -0.988.